The molecule has 0 saturated carbocycles. The lowest BCUT2D eigenvalue weighted by atomic mass is 10.1. The summed E-state index contributed by atoms with van der Waals surface area (Å²) < 4.78 is 63.2. The van der Waals surface area contributed by atoms with Crippen LogP contribution in [0.2, 0.25) is 0 Å². The summed E-state index contributed by atoms with van der Waals surface area (Å²) in [6, 6.07) is 10.9. The van der Waals surface area contributed by atoms with Gasteiger partial charge in [0.25, 0.3) is 5.91 Å². The third kappa shape index (κ3) is 4.91. The van der Waals surface area contributed by atoms with Crippen molar-refractivity contribution in [3.63, 3.8) is 0 Å². The molecule has 2 aromatic carbocycles. The molecule has 0 unspecified atom stereocenters. The van der Waals surface area contributed by atoms with Crippen LogP contribution in [-0.2, 0) is 17.4 Å². The van der Waals surface area contributed by atoms with Crippen LogP contribution >= 0.6 is 20.7 Å². The third-order valence-electron chi connectivity index (χ3n) is 7.41. The Balaban J connectivity index is 1.13. The summed E-state index contributed by atoms with van der Waals surface area (Å²) in [6.07, 6.45) is -4.02. The van der Waals surface area contributed by atoms with E-state index in [4.69, 9.17) is 4.74 Å². The van der Waals surface area contributed by atoms with Gasteiger partial charge in [0.05, 0.1) is 20.5 Å². The van der Waals surface area contributed by atoms with Gasteiger partial charge in [-0.1, -0.05) is 26.8 Å². The van der Waals surface area contributed by atoms with Gasteiger partial charge >= 0.3 is 6.18 Å². The first-order valence-corrected chi connectivity index (χ1v) is 15.2. The Kier molecular flexibility index (Phi) is 7.15. The van der Waals surface area contributed by atoms with Crippen LogP contribution in [-0.4, -0.2) is 66.3 Å². The SMILES string of the molecule is CNC(=O)C1=C2COc3c(ccc(F)c3CCN3CCN(c4cccc5nc(C(F)(F)F)ccc45)CC3)N2C=I1. The molecule has 7 nitrogen and oxygen atoms in total. The fourth-order valence-electron chi connectivity index (χ4n) is 5.32. The molecule has 40 heavy (non-hydrogen) atoms. The topological polar surface area (TPSA) is 60.9 Å². The number of rotatable bonds is 5. The second-order valence-electron chi connectivity index (χ2n) is 9.70. The molecule has 4 heterocycles. The maximum atomic E-state index is 15.0. The molecule has 0 aliphatic carbocycles. The van der Waals surface area contributed by atoms with Gasteiger partial charge in [-0.25, -0.2) is 9.37 Å². The van der Waals surface area contributed by atoms with E-state index < -0.39 is 32.6 Å². The fraction of sp³-hybridized carbons (Fsp3) is 0.321. The van der Waals surface area contributed by atoms with Crippen LogP contribution in [0.5, 0.6) is 5.75 Å². The Bertz CT molecular complexity index is 1550. The van der Waals surface area contributed by atoms with Crippen molar-refractivity contribution in [1.29, 1.82) is 0 Å². The van der Waals surface area contributed by atoms with Crippen molar-refractivity contribution in [2.75, 3.05) is 56.2 Å². The number of hydrogen-bond acceptors (Lipinski definition) is 6. The highest BCUT2D eigenvalue weighted by atomic mass is 127. The molecule has 3 aliphatic heterocycles. The van der Waals surface area contributed by atoms with Crippen LogP contribution in [0, 0.1) is 5.82 Å². The van der Waals surface area contributed by atoms with E-state index in [0.717, 1.165) is 39.8 Å². The van der Waals surface area contributed by atoms with Crippen molar-refractivity contribution in [1.82, 2.24) is 15.2 Å². The van der Waals surface area contributed by atoms with Crippen LogP contribution in [0.1, 0.15) is 11.3 Å². The van der Waals surface area contributed by atoms with Crippen molar-refractivity contribution >= 4 is 53.1 Å². The molecule has 1 amide bonds. The maximum absolute atomic E-state index is 15.0. The number of ether oxygens (including phenoxy) is 1. The number of anilines is 2. The minimum absolute atomic E-state index is 0.0964. The van der Waals surface area contributed by atoms with E-state index in [9.17, 15) is 22.4 Å². The number of pyridine rings is 1. The zero-order chi connectivity index (χ0) is 28.0. The molecule has 0 spiro atoms. The Morgan fingerprint density at radius 1 is 1.07 bits per heavy atom. The number of fused-ring (bicyclic) bond motifs is 4. The van der Waals surface area contributed by atoms with Crippen LogP contribution in [0.25, 0.3) is 10.9 Å². The van der Waals surface area contributed by atoms with Gasteiger partial charge in [0.1, 0.15) is 23.9 Å². The van der Waals surface area contributed by atoms with E-state index in [2.05, 4.69) is 20.1 Å². The molecule has 1 N–H and O–H groups in total. The molecule has 0 atom stereocenters. The molecule has 210 valence electrons. The molecule has 1 saturated heterocycles. The number of amides is 1. The highest BCUT2D eigenvalue weighted by molar-refractivity contribution is 14.2. The summed E-state index contributed by atoms with van der Waals surface area (Å²) in [5.74, 6) is 0.120. The Morgan fingerprint density at radius 2 is 1.88 bits per heavy atom. The molecule has 0 bridgehead atoms. The van der Waals surface area contributed by atoms with E-state index in [1.54, 1.807) is 25.2 Å². The number of nitrogens with zero attached hydrogens (tertiary/aromatic N) is 4. The summed E-state index contributed by atoms with van der Waals surface area (Å²) in [4.78, 5) is 22.5. The quantitative estimate of drug-likeness (QED) is 0.316. The number of aromatic nitrogens is 1. The second-order valence-corrected chi connectivity index (χ2v) is 12.0. The van der Waals surface area contributed by atoms with E-state index in [0.29, 0.717) is 48.3 Å². The molecule has 3 aromatic rings. The fourth-order valence-corrected chi connectivity index (χ4v) is 7.84. The summed E-state index contributed by atoms with van der Waals surface area (Å²) in [7, 11) is 1.61. The van der Waals surface area contributed by atoms with Gasteiger partial charge in [-0.2, -0.15) is 13.2 Å². The van der Waals surface area contributed by atoms with Gasteiger partial charge < -0.3 is 19.9 Å². The summed E-state index contributed by atoms with van der Waals surface area (Å²) in [5, 5.41) is 3.37. The number of nitrogens with one attached hydrogen (secondary N) is 1. The van der Waals surface area contributed by atoms with E-state index >= 15 is 0 Å². The number of piperazine rings is 1. The zero-order valence-electron chi connectivity index (χ0n) is 21.6. The van der Waals surface area contributed by atoms with Gasteiger partial charge in [0, 0.05) is 60.5 Å². The van der Waals surface area contributed by atoms with Gasteiger partial charge in [-0.15, -0.1) is 0 Å². The van der Waals surface area contributed by atoms with Crippen molar-refractivity contribution in [2.24, 2.45) is 0 Å². The maximum Gasteiger partial charge on any atom is 0.433 e. The van der Waals surface area contributed by atoms with Crippen molar-refractivity contribution in [3.8, 4) is 5.75 Å². The first-order valence-electron chi connectivity index (χ1n) is 12.8. The molecule has 1 fully saturated rings. The Labute approximate surface area is 238 Å². The summed E-state index contributed by atoms with van der Waals surface area (Å²) in [6.45, 7) is 3.71. The van der Waals surface area contributed by atoms with Crippen molar-refractivity contribution < 1.29 is 27.1 Å². The Hall–Kier alpha value is -3.26. The van der Waals surface area contributed by atoms with Gasteiger partial charge in [0.15, 0.2) is 0 Å². The average Bonchev–Trinajstić information content (AvgIpc) is 3.40. The smallest absolute Gasteiger partial charge is 0.433 e. The van der Waals surface area contributed by atoms with E-state index in [1.807, 2.05) is 15.1 Å². The Morgan fingerprint density at radius 3 is 2.62 bits per heavy atom. The van der Waals surface area contributed by atoms with E-state index in [-0.39, 0.29) is 18.3 Å². The number of benzene rings is 2. The largest absolute Gasteiger partial charge is 0.485 e. The van der Waals surface area contributed by atoms with Gasteiger partial charge in [0.2, 0.25) is 0 Å². The first kappa shape index (κ1) is 26.9. The predicted octanol–water partition coefficient (Wildman–Crippen LogP) is 4.66. The van der Waals surface area contributed by atoms with Gasteiger partial charge in [-0.05, 0) is 42.8 Å². The summed E-state index contributed by atoms with van der Waals surface area (Å²) in [5.41, 5.74) is 2.40. The van der Waals surface area contributed by atoms with E-state index in [1.165, 1.54) is 12.1 Å². The van der Waals surface area contributed by atoms with Crippen LogP contribution < -0.4 is 19.9 Å². The third-order valence-corrected chi connectivity index (χ3v) is 9.98. The number of carbonyl (C=O) groups is 1. The lowest BCUT2D eigenvalue weighted by molar-refractivity contribution is -0.141. The standard InChI is InChI=1S/C28H26F4IN5O2/c1-34-27(39)25-23-15-40-26-17(19(29)6-7-22(26)38(23)16-33-25)9-10-36-11-13-37(14-12-36)21-4-2-3-20-18(21)5-8-24(35-20)28(30,31)32/h2-8,16H,9-15H2,1H3,(H,34,39). The highest BCUT2D eigenvalue weighted by Gasteiger charge is 2.34. The number of hydrogen-bond donors (Lipinski definition) is 1. The molecule has 3 aliphatic rings. The molecule has 6 rings (SSSR count). The van der Waals surface area contributed by atoms with Crippen LogP contribution in [0.4, 0.5) is 28.9 Å². The lowest BCUT2D eigenvalue weighted by Gasteiger charge is -2.37. The number of carbonyl (C=O) groups excluding carboxylic acids is 1. The normalized spacial score (nSPS) is 17.4. The average molecular weight is 667 g/mol. The summed E-state index contributed by atoms with van der Waals surface area (Å²) >= 11 is -0.601. The minimum Gasteiger partial charge on any atom is -0.485 e. The molecule has 1 aromatic heterocycles. The molecule has 12 heteroatoms. The predicted molar refractivity (Wildman–Crippen MR) is 155 cm³/mol. The molecular formula is C28H26F4IN5O2. The van der Waals surface area contributed by atoms with Crippen LogP contribution in [0.3, 0.4) is 0 Å². The monoisotopic (exact) mass is 667 g/mol. The lowest BCUT2D eigenvalue weighted by Crippen LogP contribution is -2.47. The number of alkyl halides is 3. The zero-order valence-corrected chi connectivity index (χ0v) is 23.7. The van der Waals surface area contributed by atoms with Crippen molar-refractivity contribution in [2.45, 2.75) is 12.6 Å². The van der Waals surface area contributed by atoms with Crippen molar-refractivity contribution in [3.05, 3.63) is 68.8 Å². The minimum atomic E-state index is -4.49. The van der Waals surface area contributed by atoms with Gasteiger partial charge in [-0.3, -0.25) is 9.69 Å². The second kappa shape index (κ2) is 10.6. The number of halogens is 5. The van der Waals surface area contributed by atoms with Crippen LogP contribution in [0.15, 0.2) is 51.7 Å². The number of likely N-dealkylation sites (N-methyl/N-ethyl adjacent to an activating group) is 1. The first-order chi connectivity index (χ1) is 19.2. The molecule has 0 radical (unpaired) electrons. The highest BCUT2D eigenvalue weighted by Crippen LogP contribution is 2.44. The molecular weight excluding hydrogens is 641 g/mol.